The van der Waals surface area contributed by atoms with E-state index in [9.17, 15) is 10.2 Å². The molecule has 0 saturated carbocycles. The smallest absolute Gasteiger partial charge is 0.157 e. The summed E-state index contributed by atoms with van der Waals surface area (Å²) >= 11 is 0. The molecule has 0 aliphatic heterocycles. The molecule has 0 spiro atoms. The van der Waals surface area contributed by atoms with E-state index in [0.717, 1.165) is 12.0 Å². The maximum Gasteiger partial charge on any atom is 0.157 e. The minimum atomic E-state index is -0.0625. The maximum absolute atomic E-state index is 9.42. The minimum absolute atomic E-state index is 0.0538. The first-order valence-electron chi connectivity index (χ1n) is 9.42. The standard InChI is InChI=1S/C21H34O2/c1-2-3-4-5-6-7-8-9-10-11-12-13-14-15-19-16-17-20(22)21(23)18-19/h14-18,22-23H,2-13H2,1H3. The van der Waals surface area contributed by atoms with Gasteiger partial charge >= 0.3 is 0 Å². The Morgan fingerprint density at radius 2 is 1.30 bits per heavy atom. The molecule has 1 rings (SSSR count). The SMILES string of the molecule is CCCCCCCCCCCCCC=Cc1ccc(O)c(O)c1. The van der Waals surface area contributed by atoms with Crippen LogP contribution in [0.2, 0.25) is 0 Å². The largest absolute Gasteiger partial charge is 0.504 e. The van der Waals surface area contributed by atoms with Gasteiger partial charge in [-0.2, -0.15) is 0 Å². The van der Waals surface area contributed by atoms with E-state index in [4.69, 9.17) is 0 Å². The first-order chi connectivity index (χ1) is 11.2. The van der Waals surface area contributed by atoms with Gasteiger partial charge in [0.25, 0.3) is 0 Å². The molecule has 23 heavy (non-hydrogen) atoms. The Labute approximate surface area is 142 Å². The Kier molecular flexibility index (Phi) is 11.1. The average Bonchev–Trinajstić information content (AvgIpc) is 2.55. The van der Waals surface area contributed by atoms with Crippen molar-refractivity contribution in [2.75, 3.05) is 0 Å². The molecule has 0 saturated heterocycles. The first kappa shape index (κ1) is 19.6. The van der Waals surface area contributed by atoms with Crippen LogP contribution in [-0.4, -0.2) is 10.2 Å². The molecule has 0 aliphatic carbocycles. The van der Waals surface area contributed by atoms with E-state index in [1.54, 1.807) is 6.07 Å². The lowest BCUT2D eigenvalue weighted by Gasteiger charge is -2.02. The average molecular weight is 319 g/mol. The van der Waals surface area contributed by atoms with Crippen LogP contribution in [-0.2, 0) is 0 Å². The molecule has 1 aromatic rings. The predicted molar refractivity (Wildman–Crippen MR) is 99.9 cm³/mol. The Morgan fingerprint density at radius 3 is 1.87 bits per heavy atom. The Morgan fingerprint density at radius 1 is 0.739 bits per heavy atom. The topological polar surface area (TPSA) is 40.5 Å². The van der Waals surface area contributed by atoms with Crippen LogP contribution in [0.4, 0.5) is 0 Å². The van der Waals surface area contributed by atoms with Gasteiger partial charge in [0.05, 0.1) is 0 Å². The summed E-state index contributed by atoms with van der Waals surface area (Å²) in [7, 11) is 0. The molecule has 2 nitrogen and oxygen atoms in total. The lowest BCUT2D eigenvalue weighted by Crippen LogP contribution is -1.82. The molecule has 0 bridgehead atoms. The molecule has 1 aromatic carbocycles. The van der Waals surface area contributed by atoms with Gasteiger partial charge in [-0.25, -0.2) is 0 Å². The molecule has 0 heterocycles. The maximum atomic E-state index is 9.42. The number of hydrogen-bond acceptors (Lipinski definition) is 2. The third-order valence-electron chi connectivity index (χ3n) is 4.28. The van der Waals surface area contributed by atoms with Crippen molar-refractivity contribution in [3.05, 3.63) is 29.8 Å². The summed E-state index contributed by atoms with van der Waals surface area (Å²) in [6.45, 7) is 2.27. The Balaban J connectivity index is 1.93. The van der Waals surface area contributed by atoms with Crippen molar-refractivity contribution in [3.8, 4) is 11.5 Å². The number of rotatable bonds is 13. The summed E-state index contributed by atoms with van der Waals surface area (Å²) in [5.74, 6) is -0.116. The molecule has 0 unspecified atom stereocenters. The van der Waals surface area contributed by atoms with Crippen molar-refractivity contribution >= 4 is 6.08 Å². The van der Waals surface area contributed by atoms with Gasteiger partial charge in [-0.1, -0.05) is 89.4 Å². The molecular weight excluding hydrogens is 284 g/mol. The highest BCUT2D eigenvalue weighted by molar-refractivity contribution is 5.54. The summed E-state index contributed by atoms with van der Waals surface area (Å²) in [4.78, 5) is 0. The van der Waals surface area contributed by atoms with Gasteiger partial charge in [0.15, 0.2) is 11.5 Å². The zero-order valence-electron chi connectivity index (χ0n) is 14.8. The Bertz CT molecular complexity index is 437. The molecule has 2 N–H and O–H groups in total. The van der Waals surface area contributed by atoms with Crippen molar-refractivity contribution in [2.24, 2.45) is 0 Å². The van der Waals surface area contributed by atoms with Crippen molar-refractivity contribution < 1.29 is 10.2 Å². The number of hydrogen-bond donors (Lipinski definition) is 2. The molecular formula is C21H34O2. The molecule has 0 aliphatic rings. The van der Waals surface area contributed by atoms with E-state index in [1.807, 2.05) is 12.1 Å². The van der Waals surface area contributed by atoms with Crippen LogP contribution in [0.5, 0.6) is 11.5 Å². The second-order valence-corrected chi connectivity index (χ2v) is 6.47. The van der Waals surface area contributed by atoms with E-state index in [2.05, 4.69) is 13.0 Å². The van der Waals surface area contributed by atoms with Crippen molar-refractivity contribution in [1.29, 1.82) is 0 Å². The van der Waals surface area contributed by atoms with Gasteiger partial charge in [-0.3, -0.25) is 0 Å². The van der Waals surface area contributed by atoms with Crippen molar-refractivity contribution in [1.82, 2.24) is 0 Å². The zero-order valence-corrected chi connectivity index (χ0v) is 14.8. The number of aromatic hydroxyl groups is 2. The second-order valence-electron chi connectivity index (χ2n) is 6.47. The summed E-state index contributed by atoms with van der Waals surface area (Å²) in [5.41, 5.74) is 0.934. The number of allylic oxidation sites excluding steroid dienone is 1. The zero-order chi connectivity index (χ0) is 16.8. The molecule has 130 valence electrons. The van der Waals surface area contributed by atoms with Gasteiger partial charge in [0, 0.05) is 0 Å². The van der Waals surface area contributed by atoms with Crippen LogP contribution in [0.1, 0.15) is 89.5 Å². The van der Waals surface area contributed by atoms with Gasteiger partial charge in [0.2, 0.25) is 0 Å². The number of phenols is 2. The van der Waals surface area contributed by atoms with Gasteiger partial charge in [-0.05, 0) is 30.5 Å². The van der Waals surface area contributed by atoms with Crippen molar-refractivity contribution in [3.63, 3.8) is 0 Å². The monoisotopic (exact) mass is 318 g/mol. The number of unbranched alkanes of at least 4 members (excludes halogenated alkanes) is 11. The molecule has 0 amide bonds. The van der Waals surface area contributed by atoms with E-state index in [1.165, 1.54) is 76.7 Å². The fourth-order valence-electron chi connectivity index (χ4n) is 2.79. The normalized spacial score (nSPS) is 11.3. The molecule has 0 fully saturated rings. The fourth-order valence-corrected chi connectivity index (χ4v) is 2.79. The van der Waals surface area contributed by atoms with Crippen LogP contribution in [0, 0.1) is 0 Å². The molecule has 0 aromatic heterocycles. The number of benzene rings is 1. The Hall–Kier alpha value is -1.44. The van der Waals surface area contributed by atoms with Crippen LogP contribution in [0.25, 0.3) is 6.08 Å². The fraction of sp³-hybridized carbons (Fsp3) is 0.619. The molecule has 2 heteroatoms. The minimum Gasteiger partial charge on any atom is -0.504 e. The van der Waals surface area contributed by atoms with Crippen LogP contribution < -0.4 is 0 Å². The third kappa shape index (κ3) is 10.0. The highest BCUT2D eigenvalue weighted by Gasteiger charge is 1.97. The van der Waals surface area contributed by atoms with Gasteiger partial charge < -0.3 is 10.2 Å². The van der Waals surface area contributed by atoms with E-state index < -0.39 is 0 Å². The number of phenolic OH excluding ortho intramolecular Hbond substituents is 2. The summed E-state index contributed by atoms with van der Waals surface area (Å²) in [6, 6.07) is 4.93. The summed E-state index contributed by atoms with van der Waals surface area (Å²) in [6.07, 6.45) is 20.3. The van der Waals surface area contributed by atoms with Gasteiger partial charge in [-0.15, -0.1) is 0 Å². The van der Waals surface area contributed by atoms with Gasteiger partial charge in [0.1, 0.15) is 0 Å². The first-order valence-corrected chi connectivity index (χ1v) is 9.42. The predicted octanol–water partition coefficient (Wildman–Crippen LogP) is 6.81. The van der Waals surface area contributed by atoms with Crippen LogP contribution >= 0.6 is 0 Å². The highest BCUT2D eigenvalue weighted by Crippen LogP contribution is 2.25. The summed E-state index contributed by atoms with van der Waals surface area (Å²) < 4.78 is 0. The molecule has 0 radical (unpaired) electrons. The molecule has 0 atom stereocenters. The van der Waals surface area contributed by atoms with E-state index in [0.29, 0.717) is 0 Å². The summed E-state index contributed by atoms with van der Waals surface area (Å²) in [5, 5.41) is 18.7. The quantitative estimate of drug-likeness (QED) is 0.310. The van der Waals surface area contributed by atoms with Crippen molar-refractivity contribution in [2.45, 2.75) is 84.0 Å². The van der Waals surface area contributed by atoms with Crippen LogP contribution in [0.3, 0.4) is 0 Å². The second kappa shape index (κ2) is 13.0. The van der Waals surface area contributed by atoms with E-state index >= 15 is 0 Å². The lowest BCUT2D eigenvalue weighted by molar-refractivity contribution is 0.403. The van der Waals surface area contributed by atoms with E-state index in [-0.39, 0.29) is 11.5 Å². The third-order valence-corrected chi connectivity index (χ3v) is 4.28. The highest BCUT2D eigenvalue weighted by atomic mass is 16.3. The lowest BCUT2D eigenvalue weighted by atomic mass is 10.1. The van der Waals surface area contributed by atoms with Crippen LogP contribution in [0.15, 0.2) is 24.3 Å².